The van der Waals surface area contributed by atoms with E-state index in [1.165, 1.54) is 48.6 Å². The lowest BCUT2D eigenvalue weighted by Gasteiger charge is -2.30. The molecule has 134 valence electrons. The first-order valence-electron chi connectivity index (χ1n) is 9.92. The first-order valence-corrected chi connectivity index (χ1v) is 9.92. The molecule has 26 heavy (non-hydrogen) atoms. The zero-order valence-electron chi connectivity index (χ0n) is 15.2. The number of nitrogens with zero attached hydrogens (tertiary/aromatic N) is 3. The average molecular weight is 347 g/mol. The van der Waals surface area contributed by atoms with Gasteiger partial charge >= 0.3 is 0 Å². The fourth-order valence-electron chi connectivity index (χ4n) is 4.40. The second-order valence-electron chi connectivity index (χ2n) is 7.55. The standard InChI is InChI=1S/C22H25N3O/c1-2-6-16(7-3-1)20-15-21-18(14-17-8-4-5-9-19(17)23-21)22(24-20)25-10-12-26-13-11-25/h4-5,8-9,14-16H,1-3,6-7,10-13H2. The molecule has 0 bridgehead atoms. The summed E-state index contributed by atoms with van der Waals surface area (Å²) in [6, 6.07) is 12.9. The molecule has 4 nitrogen and oxygen atoms in total. The predicted molar refractivity (Wildman–Crippen MR) is 106 cm³/mol. The lowest BCUT2D eigenvalue weighted by atomic mass is 9.86. The van der Waals surface area contributed by atoms with Crippen molar-refractivity contribution in [2.75, 3.05) is 31.2 Å². The van der Waals surface area contributed by atoms with Crippen molar-refractivity contribution in [3.63, 3.8) is 0 Å². The van der Waals surface area contributed by atoms with Crippen LogP contribution in [-0.4, -0.2) is 36.3 Å². The number of aromatic nitrogens is 2. The highest BCUT2D eigenvalue weighted by Gasteiger charge is 2.22. The van der Waals surface area contributed by atoms with Crippen LogP contribution in [0.5, 0.6) is 0 Å². The molecule has 1 aliphatic carbocycles. The third kappa shape index (κ3) is 2.92. The van der Waals surface area contributed by atoms with Gasteiger partial charge < -0.3 is 9.64 Å². The molecule has 0 spiro atoms. The van der Waals surface area contributed by atoms with E-state index < -0.39 is 0 Å². The van der Waals surface area contributed by atoms with E-state index in [-0.39, 0.29) is 0 Å². The van der Waals surface area contributed by atoms with Crippen LogP contribution in [0.15, 0.2) is 36.4 Å². The highest BCUT2D eigenvalue weighted by molar-refractivity contribution is 5.98. The van der Waals surface area contributed by atoms with Gasteiger partial charge in [0.2, 0.25) is 0 Å². The minimum absolute atomic E-state index is 0.584. The molecule has 1 saturated carbocycles. The second kappa shape index (κ2) is 6.84. The molecule has 0 amide bonds. The van der Waals surface area contributed by atoms with Gasteiger partial charge in [-0.25, -0.2) is 9.97 Å². The third-order valence-corrected chi connectivity index (χ3v) is 5.85. The van der Waals surface area contributed by atoms with Crippen molar-refractivity contribution >= 4 is 27.6 Å². The Morgan fingerprint density at radius 3 is 2.54 bits per heavy atom. The van der Waals surface area contributed by atoms with Gasteiger partial charge in [-0.1, -0.05) is 37.5 Å². The van der Waals surface area contributed by atoms with Crippen molar-refractivity contribution in [1.29, 1.82) is 0 Å². The van der Waals surface area contributed by atoms with Crippen LogP contribution in [0.1, 0.15) is 43.7 Å². The Hall–Kier alpha value is -2.20. The highest BCUT2D eigenvalue weighted by atomic mass is 16.5. The highest BCUT2D eigenvalue weighted by Crippen LogP contribution is 2.36. The lowest BCUT2D eigenvalue weighted by molar-refractivity contribution is 0.122. The van der Waals surface area contributed by atoms with E-state index in [1.807, 2.05) is 0 Å². The van der Waals surface area contributed by atoms with Crippen molar-refractivity contribution in [3.8, 4) is 0 Å². The van der Waals surface area contributed by atoms with Crippen LogP contribution in [0.2, 0.25) is 0 Å². The quantitative estimate of drug-likeness (QED) is 0.632. The second-order valence-corrected chi connectivity index (χ2v) is 7.55. The van der Waals surface area contributed by atoms with Crippen molar-refractivity contribution in [3.05, 3.63) is 42.1 Å². The van der Waals surface area contributed by atoms with Crippen molar-refractivity contribution in [2.24, 2.45) is 0 Å². The maximum absolute atomic E-state index is 5.56. The van der Waals surface area contributed by atoms with Crippen LogP contribution < -0.4 is 4.90 Å². The molecule has 0 atom stereocenters. The van der Waals surface area contributed by atoms with Gasteiger partial charge in [-0.3, -0.25) is 0 Å². The van der Waals surface area contributed by atoms with Crippen molar-refractivity contribution < 1.29 is 4.74 Å². The summed E-state index contributed by atoms with van der Waals surface area (Å²) >= 11 is 0. The van der Waals surface area contributed by atoms with Gasteiger partial charge in [0.05, 0.1) is 24.2 Å². The molecule has 0 N–H and O–H groups in total. The number of rotatable bonds is 2. The molecule has 2 fully saturated rings. The van der Waals surface area contributed by atoms with E-state index in [9.17, 15) is 0 Å². The molecule has 1 aromatic carbocycles. The van der Waals surface area contributed by atoms with Crippen LogP contribution in [0, 0.1) is 0 Å². The summed E-state index contributed by atoms with van der Waals surface area (Å²) in [5.41, 5.74) is 3.39. The Kier molecular flexibility index (Phi) is 4.21. The Labute approximate surface area is 154 Å². The van der Waals surface area contributed by atoms with Crippen LogP contribution in [0.25, 0.3) is 21.8 Å². The molecule has 0 radical (unpaired) electrons. The zero-order valence-corrected chi connectivity index (χ0v) is 15.2. The van der Waals surface area contributed by atoms with Gasteiger partial charge in [0.25, 0.3) is 0 Å². The number of ether oxygens (including phenoxy) is 1. The summed E-state index contributed by atoms with van der Waals surface area (Å²) in [6.07, 6.45) is 6.53. The summed E-state index contributed by atoms with van der Waals surface area (Å²) < 4.78 is 5.56. The van der Waals surface area contributed by atoms with Crippen LogP contribution in [0.4, 0.5) is 5.82 Å². The minimum atomic E-state index is 0.584. The topological polar surface area (TPSA) is 38.2 Å². The molecule has 2 aliphatic rings. The maximum atomic E-state index is 5.56. The summed E-state index contributed by atoms with van der Waals surface area (Å²) in [4.78, 5) is 12.6. The van der Waals surface area contributed by atoms with E-state index in [0.29, 0.717) is 5.92 Å². The molecule has 0 unspecified atom stereocenters. The normalized spacial score (nSPS) is 19.3. The number of morpholine rings is 1. The number of hydrogen-bond donors (Lipinski definition) is 0. The number of fused-ring (bicyclic) bond motifs is 2. The summed E-state index contributed by atoms with van der Waals surface area (Å²) in [5, 5.41) is 2.35. The average Bonchev–Trinajstić information content (AvgIpc) is 2.73. The molecule has 1 saturated heterocycles. The van der Waals surface area contributed by atoms with E-state index >= 15 is 0 Å². The molecule has 3 aromatic rings. The number of benzene rings is 1. The van der Waals surface area contributed by atoms with Crippen LogP contribution >= 0.6 is 0 Å². The zero-order chi connectivity index (χ0) is 17.3. The van der Waals surface area contributed by atoms with Gasteiger partial charge in [-0.2, -0.15) is 0 Å². The van der Waals surface area contributed by atoms with E-state index in [4.69, 9.17) is 14.7 Å². The van der Waals surface area contributed by atoms with Crippen molar-refractivity contribution in [2.45, 2.75) is 38.0 Å². The molecular weight excluding hydrogens is 322 g/mol. The molecule has 5 rings (SSSR count). The first kappa shape index (κ1) is 16.0. The van der Waals surface area contributed by atoms with Gasteiger partial charge in [0, 0.05) is 35.5 Å². The Morgan fingerprint density at radius 1 is 0.885 bits per heavy atom. The van der Waals surface area contributed by atoms with Gasteiger partial charge in [0.15, 0.2) is 0 Å². The SMILES string of the molecule is c1ccc2nc3cc(C4CCCCC4)nc(N4CCOCC4)c3cc2c1. The fraction of sp³-hybridized carbons (Fsp3) is 0.455. The number of anilines is 1. The Bertz CT molecular complexity index is 927. The number of pyridine rings is 2. The Morgan fingerprint density at radius 2 is 1.69 bits per heavy atom. The van der Waals surface area contributed by atoms with Crippen molar-refractivity contribution in [1.82, 2.24) is 9.97 Å². The number of para-hydroxylation sites is 1. The minimum Gasteiger partial charge on any atom is -0.378 e. The Balaban J connectivity index is 1.69. The first-order chi connectivity index (χ1) is 12.9. The third-order valence-electron chi connectivity index (χ3n) is 5.85. The molecule has 4 heteroatoms. The molecule has 1 aliphatic heterocycles. The molecular formula is C22H25N3O. The summed E-state index contributed by atoms with van der Waals surface area (Å²) in [7, 11) is 0. The van der Waals surface area contributed by atoms with E-state index in [1.54, 1.807) is 0 Å². The fourth-order valence-corrected chi connectivity index (χ4v) is 4.40. The maximum Gasteiger partial charge on any atom is 0.138 e. The van der Waals surface area contributed by atoms with E-state index in [0.717, 1.165) is 43.2 Å². The smallest absolute Gasteiger partial charge is 0.138 e. The van der Waals surface area contributed by atoms with Gasteiger partial charge in [-0.15, -0.1) is 0 Å². The summed E-state index contributed by atoms with van der Waals surface area (Å²) in [5.74, 6) is 1.69. The van der Waals surface area contributed by atoms with Gasteiger partial charge in [0.1, 0.15) is 5.82 Å². The predicted octanol–water partition coefficient (Wildman–Crippen LogP) is 4.67. The molecule has 2 aromatic heterocycles. The van der Waals surface area contributed by atoms with Crippen LogP contribution in [0.3, 0.4) is 0 Å². The summed E-state index contributed by atoms with van der Waals surface area (Å²) in [6.45, 7) is 3.36. The van der Waals surface area contributed by atoms with Gasteiger partial charge in [-0.05, 0) is 31.0 Å². The molecule has 3 heterocycles. The number of hydrogen-bond acceptors (Lipinski definition) is 4. The monoisotopic (exact) mass is 347 g/mol. The van der Waals surface area contributed by atoms with Crippen LogP contribution in [-0.2, 0) is 4.74 Å². The lowest BCUT2D eigenvalue weighted by Crippen LogP contribution is -2.37. The van der Waals surface area contributed by atoms with E-state index in [2.05, 4.69) is 41.3 Å². The largest absolute Gasteiger partial charge is 0.378 e.